The van der Waals surface area contributed by atoms with E-state index < -0.39 is 0 Å². The Kier molecular flexibility index (Phi) is 4.26. The Labute approximate surface area is 141 Å². The standard InChI is InChI=1S/C22H32O/c1-3-4-15-23-21-12-11-20-19-10-9-16-7-5-6-8-17(16)18(19)13-14-22(20,21)2/h5-9,17-21H,3-4,10-15H2,1-2H3/t17-,18+,19+,20-,21-,22-/m0/s1. The van der Waals surface area contributed by atoms with Crippen LogP contribution in [0.3, 0.4) is 0 Å². The minimum atomic E-state index is 0.439. The SMILES string of the molecule is CCCCO[C@H]1CC[C@H]2[C@@H]3CC=C4C=CC=C[C@@H]4[C@H]3CC[C@]12C. The molecule has 126 valence electrons. The van der Waals surface area contributed by atoms with Crippen LogP contribution in [0.2, 0.25) is 0 Å². The Bertz CT molecular complexity index is 528. The molecule has 0 aromatic carbocycles. The van der Waals surface area contributed by atoms with Crippen molar-refractivity contribution < 1.29 is 4.74 Å². The largest absolute Gasteiger partial charge is 0.378 e. The van der Waals surface area contributed by atoms with Gasteiger partial charge in [0.25, 0.3) is 0 Å². The third kappa shape index (κ3) is 2.56. The summed E-state index contributed by atoms with van der Waals surface area (Å²) < 4.78 is 6.36. The van der Waals surface area contributed by atoms with Gasteiger partial charge in [0, 0.05) is 12.5 Å². The number of fused-ring (bicyclic) bond motifs is 5. The van der Waals surface area contributed by atoms with Gasteiger partial charge < -0.3 is 4.74 Å². The van der Waals surface area contributed by atoms with E-state index in [2.05, 4.69) is 44.2 Å². The van der Waals surface area contributed by atoms with E-state index >= 15 is 0 Å². The summed E-state index contributed by atoms with van der Waals surface area (Å²) in [7, 11) is 0. The fraction of sp³-hybridized carbons (Fsp3) is 0.727. The second kappa shape index (κ2) is 6.24. The van der Waals surface area contributed by atoms with Gasteiger partial charge in [-0.05, 0) is 67.3 Å². The molecule has 0 aromatic rings. The van der Waals surface area contributed by atoms with Gasteiger partial charge in [0.2, 0.25) is 0 Å². The van der Waals surface area contributed by atoms with Gasteiger partial charge in [-0.25, -0.2) is 0 Å². The fourth-order valence-corrected chi connectivity index (χ4v) is 6.14. The number of rotatable bonds is 4. The minimum Gasteiger partial charge on any atom is -0.378 e. The highest BCUT2D eigenvalue weighted by Crippen LogP contribution is 2.61. The molecule has 0 aromatic heterocycles. The van der Waals surface area contributed by atoms with Crippen LogP contribution in [0.5, 0.6) is 0 Å². The van der Waals surface area contributed by atoms with Gasteiger partial charge in [0.05, 0.1) is 6.10 Å². The average Bonchev–Trinajstić information content (AvgIpc) is 2.92. The summed E-state index contributed by atoms with van der Waals surface area (Å²) in [6.45, 7) is 5.77. The van der Waals surface area contributed by atoms with Crippen molar-refractivity contribution in [2.45, 2.75) is 64.9 Å². The summed E-state index contributed by atoms with van der Waals surface area (Å²) in [6.07, 6.45) is 21.6. The molecule has 23 heavy (non-hydrogen) atoms. The van der Waals surface area contributed by atoms with Crippen molar-refractivity contribution in [1.29, 1.82) is 0 Å². The lowest BCUT2D eigenvalue weighted by molar-refractivity contribution is -0.0749. The van der Waals surface area contributed by atoms with Gasteiger partial charge in [0.15, 0.2) is 0 Å². The third-order valence-corrected chi connectivity index (χ3v) is 7.41. The van der Waals surface area contributed by atoms with Crippen LogP contribution in [0.1, 0.15) is 58.8 Å². The van der Waals surface area contributed by atoms with E-state index in [1.807, 2.05) is 0 Å². The summed E-state index contributed by atoms with van der Waals surface area (Å²) >= 11 is 0. The molecule has 4 rings (SSSR count). The van der Waals surface area contributed by atoms with Crippen LogP contribution in [0.4, 0.5) is 0 Å². The van der Waals surface area contributed by atoms with Crippen molar-refractivity contribution >= 4 is 0 Å². The Morgan fingerprint density at radius 3 is 2.96 bits per heavy atom. The first-order valence-electron chi connectivity index (χ1n) is 9.90. The number of hydrogen-bond acceptors (Lipinski definition) is 1. The molecular formula is C22H32O. The van der Waals surface area contributed by atoms with Gasteiger partial charge >= 0.3 is 0 Å². The Morgan fingerprint density at radius 1 is 1.17 bits per heavy atom. The first-order valence-corrected chi connectivity index (χ1v) is 9.90. The smallest absolute Gasteiger partial charge is 0.0631 e. The number of allylic oxidation sites excluding steroid dienone is 6. The van der Waals surface area contributed by atoms with E-state index in [4.69, 9.17) is 4.74 Å². The monoisotopic (exact) mass is 312 g/mol. The van der Waals surface area contributed by atoms with E-state index in [-0.39, 0.29) is 0 Å². The van der Waals surface area contributed by atoms with Crippen LogP contribution in [0.25, 0.3) is 0 Å². The molecule has 0 heterocycles. The molecule has 0 spiro atoms. The summed E-state index contributed by atoms with van der Waals surface area (Å²) in [5.41, 5.74) is 2.03. The Hall–Kier alpha value is -0.820. The molecule has 6 atom stereocenters. The molecule has 4 aliphatic carbocycles. The molecule has 1 nitrogen and oxygen atoms in total. The topological polar surface area (TPSA) is 9.23 Å². The van der Waals surface area contributed by atoms with Crippen LogP contribution in [-0.4, -0.2) is 12.7 Å². The highest BCUT2D eigenvalue weighted by atomic mass is 16.5. The molecule has 2 fully saturated rings. The second-order valence-corrected chi connectivity index (χ2v) is 8.48. The van der Waals surface area contributed by atoms with E-state index in [0.29, 0.717) is 17.4 Å². The van der Waals surface area contributed by atoms with E-state index in [0.717, 1.165) is 24.4 Å². The maximum absolute atomic E-state index is 6.36. The first-order chi connectivity index (χ1) is 11.2. The molecular weight excluding hydrogens is 280 g/mol. The van der Waals surface area contributed by atoms with Crippen LogP contribution < -0.4 is 0 Å². The summed E-state index contributed by atoms with van der Waals surface area (Å²) in [4.78, 5) is 0. The van der Waals surface area contributed by atoms with Gasteiger partial charge in [-0.3, -0.25) is 0 Å². The lowest BCUT2D eigenvalue weighted by Gasteiger charge is -2.52. The molecule has 0 amide bonds. The highest BCUT2D eigenvalue weighted by molar-refractivity contribution is 5.36. The van der Waals surface area contributed by atoms with Crippen LogP contribution in [-0.2, 0) is 4.74 Å². The highest BCUT2D eigenvalue weighted by Gasteiger charge is 2.55. The Morgan fingerprint density at radius 2 is 2.09 bits per heavy atom. The Balaban J connectivity index is 1.52. The van der Waals surface area contributed by atoms with Gasteiger partial charge in [-0.15, -0.1) is 0 Å². The van der Waals surface area contributed by atoms with Crippen molar-refractivity contribution in [2.24, 2.45) is 29.1 Å². The summed E-state index contributed by atoms with van der Waals surface area (Å²) in [6, 6.07) is 0. The minimum absolute atomic E-state index is 0.439. The zero-order chi connectivity index (χ0) is 15.9. The zero-order valence-electron chi connectivity index (χ0n) is 14.8. The van der Waals surface area contributed by atoms with E-state index in [1.54, 1.807) is 5.57 Å². The molecule has 0 aliphatic heterocycles. The van der Waals surface area contributed by atoms with Crippen molar-refractivity contribution in [1.82, 2.24) is 0 Å². The third-order valence-electron chi connectivity index (χ3n) is 7.41. The average molecular weight is 312 g/mol. The number of hydrogen-bond donors (Lipinski definition) is 0. The molecule has 0 saturated heterocycles. The molecule has 4 aliphatic rings. The zero-order valence-corrected chi connectivity index (χ0v) is 14.8. The van der Waals surface area contributed by atoms with Crippen LogP contribution in [0.15, 0.2) is 36.0 Å². The molecule has 2 saturated carbocycles. The molecule has 0 bridgehead atoms. The fourth-order valence-electron chi connectivity index (χ4n) is 6.14. The predicted octanol–water partition coefficient (Wildman–Crippen LogP) is 5.69. The summed E-state index contributed by atoms with van der Waals surface area (Å²) in [5.74, 6) is 3.34. The van der Waals surface area contributed by atoms with E-state index in [9.17, 15) is 0 Å². The van der Waals surface area contributed by atoms with Gasteiger partial charge in [-0.1, -0.05) is 50.6 Å². The van der Waals surface area contributed by atoms with Crippen LogP contribution in [0, 0.1) is 29.1 Å². The molecule has 0 N–H and O–H groups in total. The summed E-state index contributed by atoms with van der Waals surface area (Å²) in [5, 5.41) is 0. The lowest BCUT2D eigenvalue weighted by atomic mass is 9.54. The number of ether oxygens (including phenoxy) is 1. The normalized spacial score (nSPS) is 44.4. The van der Waals surface area contributed by atoms with Gasteiger partial charge in [-0.2, -0.15) is 0 Å². The predicted molar refractivity (Wildman–Crippen MR) is 96.2 cm³/mol. The van der Waals surface area contributed by atoms with Crippen molar-refractivity contribution in [3.8, 4) is 0 Å². The molecule has 0 unspecified atom stereocenters. The van der Waals surface area contributed by atoms with Crippen molar-refractivity contribution in [2.75, 3.05) is 6.61 Å². The van der Waals surface area contributed by atoms with Gasteiger partial charge in [0.1, 0.15) is 0 Å². The van der Waals surface area contributed by atoms with Crippen molar-refractivity contribution in [3.05, 3.63) is 36.0 Å². The maximum Gasteiger partial charge on any atom is 0.0631 e. The molecule has 1 heteroatoms. The number of unbranched alkanes of at least 4 members (excludes halogenated alkanes) is 1. The quantitative estimate of drug-likeness (QED) is 0.606. The van der Waals surface area contributed by atoms with Crippen LogP contribution >= 0.6 is 0 Å². The lowest BCUT2D eigenvalue weighted by Crippen LogP contribution is -2.46. The molecule has 0 radical (unpaired) electrons. The van der Waals surface area contributed by atoms with Crippen molar-refractivity contribution in [3.63, 3.8) is 0 Å². The maximum atomic E-state index is 6.36. The first kappa shape index (κ1) is 15.7. The second-order valence-electron chi connectivity index (χ2n) is 8.48. The van der Waals surface area contributed by atoms with E-state index in [1.165, 1.54) is 44.9 Å².